The number of nitrogens with two attached hydrogens (primary N) is 1. The van der Waals surface area contributed by atoms with Crippen molar-refractivity contribution in [1.82, 2.24) is 4.98 Å². The summed E-state index contributed by atoms with van der Waals surface area (Å²) < 4.78 is 0. The molecule has 1 fully saturated rings. The number of hydrogen-bond donors (Lipinski definition) is 1. The highest BCUT2D eigenvalue weighted by atomic mass is 14.7. The summed E-state index contributed by atoms with van der Waals surface area (Å²) in [4.78, 5) is 4.39. The molecule has 2 aromatic rings. The van der Waals surface area contributed by atoms with E-state index in [1.807, 2.05) is 12.3 Å². The molecule has 0 unspecified atom stereocenters. The molecule has 0 atom stereocenters. The molecule has 2 heteroatoms. The molecule has 0 spiro atoms. The van der Waals surface area contributed by atoms with Crippen molar-refractivity contribution < 1.29 is 0 Å². The molecule has 0 amide bonds. The van der Waals surface area contributed by atoms with E-state index in [0.29, 0.717) is 5.92 Å². The third kappa shape index (κ3) is 1.45. The van der Waals surface area contributed by atoms with Crippen molar-refractivity contribution in [3.63, 3.8) is 0 Å². The van der Waals surface area contributed by atoms with Gasteiger partial charge in [0.15, 0.2) is 0 Å². The predicted octanol–water partition coefficient (Wildman–Crippen LogP) is 3.47. The Balaban J connectivity index is 2.23. The SMILES string of the molecule is Nc1cnc2ccccc2c1C1CCCC1. The lowest BCUT2D eigenvalue weighted by atomic mass is 9.93. The monoisotopic (exact) mass is 212 g/mol. The lowest BCUT2D eigenvalue weighted by molar-refractivity contribution is 0.731. The first-order valence-corrected chi connectivity index (χ1v) is 5.99. The van der Waals surface area contributed by atoms with Gasteiger partial charge in [-0.15, -0.1) is 0 Å². The Morgan fingerprint density at radius 1 is 1.12 bits per heavy atom. The van der Waals surface area contributed by atoms with E-state index in [0.717, 1.165) is 11.2 Å². The standard InChI is InChI=1S/C14H16N2/c15-12-9-16-13-8-4-3-7-11(13)14(12)10-5-1-2-6-10/h3-4,7-10H,1-2,5-6,15H2. The highest BCUT2D eigenvalue weighted by molar-refractivity contribution is 5.86. The molecule has 0 aliphatic heterocycles. The maximum Gasteiger partial charge on any atom is 0.0706 e. The Labute approximate surface area is 95.5 Å². The molecule has 1 heterocycles. The summed E-state index contributed by atoms with van der Waals surface area (Å²) in [5, 5.41) is 1.24. The molecule has 1 aliphatic rings. The van der Waals surface area contributed by atoms with Gasteiger partial charge in [0.05, 0.1) is 17.4 Å². The fourth-order valence-corrected chi connectivity index (χ4v) is 2.85. The van der Waals surface area contributed by atoms with Crippen molar-refractivity contribution >= 4 is 16.6 Å². The topological polar surface area (TPSA) is 38.9 Å². The summed E-state index contributed by atoms with van der Waals surface area (Å²) in [5.41, 5.74) is 9.37. The molecule has 0 bridgehead atoms. The third-order valence-electron chi connectivity index (χ3n) is 3.61. The van der Waals surface area contributed by atoms with E-state index >= 15 is 0 Å². The Morgan fingerprint density at radius 2 is 1.88 bits per heavy atom. The second kappa shape index (κ2) is 3.78. The number of rotatable bonds is 1. The van der Waals surface area contributed by atoms with E-state index in [2.05, 4.69) is 23.2 Å². The number of nitrogens with zero attached hydrogens (tertiary/aromatic N) is 1. The number of anilines is 1. The zero-order valence-corrected chi connectivity index (χ0v) is 9.32. The van der Waals surface area contributed by atoms with Crippen molar-refractivity contribution in [3.8, 4) is 0 Å². The molecule has 0 radical (unpaired) electrons. The lowest BCUT2D eigenvalue weighted by Crippen LogP contribution is -2.01. The molecule has 2 N–H and O–H groups in total. The van der Waals surface area contributed by atoms with Crippen molar-refractivity contribution in [2.75, 3.05) is 5.73 Å². The number of hydrogen-bond acceptors (Lipinski definition) is 2. The smallest absolute Gasteiger partial charge is 0.0706 e. The van der Waals surface area contributed by atoms with Crippen LogP contribution in [0.2, 0.25) is 0 Å². The van der Waals surface area contributed by atoms with Gasteiger partial charge in [0, 0.05) is 5.39 Å². The number of aromatic nitrogens is 1. The first-order valence-electron chi connectivity index (χ1n) is 5.99. The molecule has 0 saturated heterocycles. The Morgan fingerprint density at radius 3 is 2.69 bits per heavy atom. The summed E-state index contributed by atoms with van der Waals surface area (Å²) in [5.74, 6) is 0.646. The van der Waals surface area contributed by atoms with Crippen LogP contribution in [0.4, 0.5) is 5.69 Å². The molecule has 16 heavy (non-hydrogen) atoms. The largest absolute Gasteiger partial charge is 0.397 e. The van der Waals surface area contributed by atoms with E-state index in [4.69, 9.17) is 5.73 Å². The van der Waals surface area contributed by atoms with Gasteiger partial charge in [-0.1, -0.05) is 31.0 Å². The fraction of sp³-hybridized carbons (Fsp3) is 0.357. The predicted molar refractivity (Wildman–Crippen MR) is 67.4 cm³/mol. The zero-order chi connectivity index (χ0) is 11.0. The van der Waals surface area contributed by atoms with Crippen molar-refractivity contribution in [2.24, 2.45) is 0 Å². The highest BCUT2D eigenvalue weighted by Gasteiger charge is 2.21. The van der Waals surface area contributed by atoms with Gasteiger partial charge in [0.1, 0.15) is 0 Å². The molecule has 1 saturated carbocycles. The summed E-state index contributed by atoms with van der Waals surface area (Å²) >= 11 is 0. The molecule has 82 valence electrons. The Bertz CT molecular complexity index is 513. The van der Waals surface area contributed by atoms with Gasteiger partial charge in [-0.05, 0) is 30.4 Å². The van der Waals surface area contributed by atoms with Crippen molar-refractivity contribution in [2.45, 2.75) is 31.6 Å². The average Bonchev–Trinajstić information content (AvgIpc) is 2.82. The van der Waals surface area contributed by atoms with Crippen LogP contribution in [0.1, 0.15) is 37.2 Å². The second-order valence-corrected chi connectivity index (χ2v) is 4.63. The second-order valence-electron chi connectivity index (χ2n) is 4.63. The van der Waals surface area contributed by atoms with Crippen LogP contribution in [0.15, 0.2) is 30.5 Å². The van der Waals surface area contributed by atoms with Crippen LogP contribution in [0.3, 0.4) is 0 Å². The molecular weight excluding hydrogens is 196 g/mol. The van der Waals surface area contributed by atoms with Crippen LogP contribution in [-0.4, -0.2) is 4.98 Å². The van der Waals surface area contributed by atoms with Crippen LogP contribution < -0.4 is 5.73 Å². The van der Waals surface area contributed by atoms with Crippen LogP contribution in [0, 0.1) is 0 Å². The van der Waals surface area contributed by atoms with E-state index in [-0.39, 0.29) is 0 Å². The molecule has 1 aliphatic carbocycles. The maximum absolute atomic E-state index is 6.10. The number of benzene rings is 1. The summed E-state index contributed by atoms with van der Waals surface area (Å²) in [6.07, 6.45) is 7.04. The van der Waals surface area contributed by atoms with Crippen LogP contribution in [-0.2, 0) is 0 Å². The summed E-state index contributed by atoms with van der Waals surface area (Å²) in [7, 11) is 0. The summed E-state index contributed by atoms with van der Waals surface area (Å²) in [6.45, 7) is 0. The number of para-hydroxylation sites is 1. The minimum absolute atomic E-state index is 0.646. The van der Waals surface area contributed by atoms with Gasteiger partial charge >= 0.3 is 0 Å². The number of pyridine rings is 1. The zero-order valence-electron chi connectivity index (χ0n) is 9.32. The normalized spacial score (nSPS) is 17.0. The van der Waals surface area contributed by atoms with Crippen LogP contribution in [0.5, 0.6) is 0 Å². The molecule has 1 aromatic carbocycles. The fourth-order valence-electron chi connectivity index (χ4n) is 2.85. The quantitative estimate of drug-likeness (QED) is 0.786. The Kier molecular flexibility index (Phi) is 2.28. The van der Waals surface area contributed by atoms with Gasteiger partial charge in [0.2, 0.25) is 0 Å². The maximum atomic E-state index is 6.10. The van der Waals surface area contributed by atoms with E-state index in [9.17, 15) is 0 Å². The van der Waals surface area contributed by atoms with Gasteiger partial charge < -0.3 is 5.73 Å². The minimum atomic E-state index is 0.646. The molecule has 3 rings (SSSR count). The van der Waals surface area contributed by atoms with E-state index in [1.54, 1.807) is 0 Å². The molecule has 1 aromatic heterocycles. The first kappa shape index (κ1) is 9.64. The summed E-state index contributed by atoms with van der Waals surface area (Å²) in [6, 6.07) is 8.31. The van der Waals surface area contributed by atoms with Gasteiger partial charge in [-0.2, -0.15) is 0 Å². The number of nitrogen functional groups attached to an aromatic ring is 1. The lowest BCUT2D eigenvalue weighted by Gasteiger charge is -2.15. The highest BCUT2D eigenvalue weighted by Crippen LogP contribution is 2.39. The van der Waals surface area contributed by atoms with Crippen molar-refractivity contribution in [1.29, 1.82) is 0 Å². The van der Waals surface area contributed by atoms with Crippen molar-refractivity contribution in [3.05, 3.63) is 36.0 Å². The first-order chi connectivity index (χ1) is 7.86. The molecule has 2 nitrogen and oxygen atoms in total. The number of fused-ring (bicyclic) bond motifs is 1. The van der Waals surface area contributed by atoms with E-state index < -0.39 is 0 Å². The molecular formula is C14H16N2. The third-order valence-corrected chi connectivity index (χ3v) is 3.61. The average molecular weight is 212 g/mol. The van der Waals surface area contributed by atoms with Gasteiger partial charge in [-0.3, -0.25) is 4.98 Å². The minimum Gasteiger partial charge on any atom is -0.397 e. The van der Waals surface area contributed by atoms with Crippen LogP contribution >= 0.6 is 0 Å². The van der Waals surface area contributed by atoms with Crippen LogP contribution in [0.25, 0.3) is 10.9 Å². The van der Waals surface area contributed by atoms with Gasteiger partial charge in [0.25, 0.3) is 0 Å². The van der Waals surface area contributed by atoms with E-state index in [1.165, 1.54) is 36.6 Å². The van der Waals surface area contributed by atoms with Gasteiger partial charge in [-0.25, -0.2) is 0 Å². The Hall–Kier alpha value is -1.57.